The molecule has 0 bridgehead atoms. The molecule has 3 heteroatoms. The standard InChI is InChI=1S/C13H25NO2/c1-5-12(8-7-9-15)13(6-2)14-11(3)10-16-4/h9,11-12H,5-8,10H2,1-4H3/t11-,12?/m0/s1. The highest BCUT2D eigenvalue weighted by Gasteiger charge is 2.13. The number of carbonyl (C=O) groups is 1. The second kappa shape index (κ2) is 9.52. The molecule has 16 heavy (non-hydrogen) atoms. The van der Waals surface area contributed by atoms with Crippen LogP contribution in [0.5, 0.6) is 0 Å². The topological polar surface area (TPSA) is 38.7 Å². The summed E-state index contributed by atoms with van der Waals surface area (Å²) in [6.07, 6.45) is 4.57. The van der Waals surface area contributed by atoms with Gasteiger partial charge in [-0.25, -0.2) is 0 Å². The Hall–Kier alpha value is -0.700. The fourth-order valence-corrected chi connectivity index (χ4v) is 1.92. The molecule has 0 radical (unpaired) electrons. The minimum Gasteiger partial charge on any atom is -0.382 e. The summed E-state index contributed by atoms with van der Waals surface area (Å²) in [5, 5.41) is 0. The Bertz CT molecular complexity index is 214. The van der Waals surface area contributed by atoms with Gasteiger partial charge in [-0.15, -0.1) is 0 Å². The molecule has 1 unspecified atom stereocenters. The van der Waals surface area contributed by atoms with Crippen molar-refractivity contribution in [3.63, 3.8) is 0 Å². The summed E-state index contributed by atoms with van der Waals surface area (Å²) in [6.45, 7) is 7.00. The zero-order valence-electron chi connectivity index (χ0n) is 11.0. The number of aldehydes is 1. The smallest absolute Gasteiger partial charge is 0.120 e. The van der Waals surface area contributed by atoms with Gasteiger partial charge in [0.25, 0.3) is 0 Å². The molecule has 0 amide bonds. The molecule has 0 heterocycles. The first kappa shape index (κ1) is 15.3. The van der Waals surface area contributed by atoms with Gasteiger partial charge in [0.05, 0.1) is 12.6 Å². The van der Waals surface area contributed by atoms with Crippen LogP contribution >= 0.6 is 0 Å². The lowest BCUT2D eigenvalue weighted by Gasteiger charge is -2.17. The fraction of sp³-hybridized carbons (Fsp3) is 0.846. The molecule has 0 N–H and O–H groups in total. The number of nitrogens with zero attached hydrogens (tertiary/aromatic N) is 1. The predicted octanol–water partition coefficient (Wildman–Crippen LogP) is 2.88. The van der Waals surface area contributed by atoms with Gasteiger partial charge in [-0.05, 0) is 32.1 Å². The van der Waals surface area contributed by atoms with Crippen LogP contribution in [0.4, 0.5) is 0 Å². The third-order valence-corrected chi connectivity index (χ3v) is 2.75. The van der Waals surface area contributed by atoms with Gasteiger partial charge in [0, 0.05) is 19.2 Å². The molecular weight excluding hydrogens is 202 g/mol. The van der Waals surface area contributed by atoms with E-state index in [1.807, 2.05) is 0 Å². The van der Waals surface area contributed by atoms with Crippen LogP contribution < -0.4 is 0 Å². The summed E-state index contributed by atoms with van der Waals surface area (Å²) in [4.78, 5) is 15.1. The Morgan fingerprint density at radius 2 is 2.12 bits per heavy atom. The summed E-state index contributed by atoms with van der Waals surface area (Å²) < 4.78 is 5.08. The van der Waals surface area contributed by atoms with E-state index >= 15 is 0 Å². The van der Waals surface area contributed by atoms with Gasteiger partial charge in [0.15, 0.2) is 0 Å². The van der Waals surface area contributed by atoms with E-state index in [1.165, 1.54) is 5.71 Å². The van der Waals surface area contributed by atoms with Crippen LogP contribution in [0.1, 0.15) is 46.5 Å². The largest absolute Gasteiger partial charge is 0.382 e. The van der Waals surface area contributed by atoms with Crippen LogP contribution in [-0.4, -0.2) is 31.8 Å². The van der Waals surface area contributed by atoms with Crippen molar-refractivity contribution in [1.29, 1.82) is 0 Å². The molecule has 0 aromatic carbocycles. The summed E-state index contributed by atoms with van der Waals surface area (Å²) in [6, 6.07) is 0.213. The van der Waals surface area contributed by atoms with E-state index in [-0.39, 0.29) is 6.04 Å². The van der Waals surface area contributed by atoms with Gasteiger partial charge >= 0.3 is 0 Å². The molecule has 0 rings (SSSR count). The Labute approximate surface area is 99.3 Å². The quantitative estimate of drug-likeness (QED) is 0.449. The average Bonchev–Trinajstić information content (AvgIpc) is 2.28. The van der Waals surface area contributed by atoms with Gasteiger partial charge in [-0.1, -0.05) is 13.8 Å². The van der Waals surface area contributed by atoms with Crippen molar-refractivity contribution in [2.45, 2.75) is 52.5 Å². The molecule has 0 saturated heterocycles. The van der Waals surface area contributed by atoms with E-state index in [1.54, 1.807) is 7.11 Å². The molecule has 94 valence electrons. The number of aliphatic imine (C=N–C) groups is 1. The minimum atomic E-state index is 0.213. The number of hydrogen-bond donors (Lipinski definition) is 0. The highest BCUT2D eigenvalue weighted by Crippen LogP contribution is 2.15. The zero-order chi connectivity index (χ0) is 12.4. The van der Waals surface area contributed by atoms with Crippen LogP contribution in [0.3, 0.4) is 0 Å². The lowest BCUT2D eigenvalue weighted by atomic mass is 9.93. The average molecular weight is 227 g/mol. The molecule has 0 aromatic heterocycles. The molecule has 0 saturated carbocycles. The summed E-state index contributed by atoms with van der Waals surface area (Å²) in [5.74, 6) is 0.453. The zero-order valence-corrected chi connectivity index (χ0v) is 11.0. The second-order valence-corrected chi connectivity index (χ2v) is 4.13. The van der Waals surface area contributed by atoms with Crippen LogP contribution in [-0.2, 0) is 9.53 Å². The van der Waals surface area contributed by atoms with E-state index in [0.29, 0.717) is 18.9 Å². The van der Waals surface area contributed by atoms with Crippen molar-refractivity contribution in [1.82, 2.24) is 0 Å². The minimum absolute atomic E-state index is 0.213. The molecule has 0 aliphatic carbocycles. The lowest BCUT2D eigenvalue weighted by molar-refractivity contribution is -0.108. The number of carbonyl (C=O) groups excluding carboxylic acids is 1. The van der Waals surface area contributed by atoms with Crippen LogP contribution in [0.15, 0.2) is 4.99 Å². The Kier molecular flexibility index (Phi) is 9.10. The van der Waals surface area contributed by atoms with E-state index < -0.39 is 0 Å². The number of methoxy groups -OCH3 is 1. The normalized spacial score (nSPS) is 15.9. The van der Waals surface area contributed by atoms with Gasteiger partial charge in [0.2, 0.25) is 0 Å². The third kappa shape index (κ3) is 6.01. The first-order valence-corrected chi connectivity index (χ1v) is 6.18. The Balaban J connectivity index is 4.45. The first-order chi connectivity index (χ1) is 7.69. The molecule has 2 atom stereocenters. The summed E-state index contributed by atoms with van der Waals surface area (Å²) in [7, 11) is 1.70. The maximum atomic E-state index is 10.4. The van der Waals surface area contributed by atoms with Crippen molar-refractivity contribution in [3.05, 3.63) is 0 Å². The van der Waals surface area contributed by atoms with Crippen LogP contribution in [0, 0.1) is 5.92 Å². The van der Waals surface area contributed by atoms with Crippen molar-refractivity contribution in [2.24, 2.45) is 10.9 Å². The number of hydrogen-bond acceptors (Lipinski definition) is 3. The van der Waals surface area contributed by atoms with E-state index in [0.717, 1.165) is 25.5 Å². The monoisotopic (exact) mass is 227 g/mol. The molecule has 0 aliphatic rings. The fourth-order valence-electron chi connectivity index (χ4n) is 1.92. The van der Waals surface area contributed by atoms with E-state index in [4.69, 9.17) is 4.74 Å². The van der Waals surface area contributed by atoms with Gasteiger partial charge in [-0.3, -0.25) is 4.99 Å². The Morgan fingerprint density at radius 3 is 2.56 bits per heavy atom. The molecular formula is C13H25NO2. The molecule has 0 aromatic rings. The summed E-state index contributed by atoms with van der Waals surface area (Å²) >= 11 is 0. The second-order valence-electron chi connectivity index (χ2n) is 4.13. The van der Waals surface area contributed by atoms with Gasteiger partial charge < -0.3 is 9.53 Å². The number of ether oxygens (including phenoxy) is 1. The third-order valence-electron chi connectivity index (χ3n) is 2.75. The first-order valence-electron chi connectivity index (χ1n) is 6.18. The highest BCUT2D eigenvalue weighted by atomic mass is 16.5. The van der Waals surface area contributed by atoms with Crippen molar-refractivity contribution in [3.8, 4) is 0 Å². The highest BCUT2D eigenvalue weighted by molar-refractivity contribution is 5.86. The molecule has 0 fully saturated rings. The summed E-state index contributed by atoms with van der Waals surface area (Å²) in [5.41, 5.74) is 1.23. The lowest BCUT2D eigenvalue weighted by Crippen LogP contribution is -2.18. The van der Waals surface area contributed by atoms with Crippen LogP contribution in [0.25, 0.3) is 0 Å². The van der Waals surface area contributed by atoms with Gasteiger partial charge in [-0.2, -0.15) is 0 Å². The molecule has 0 aliphatic heterocycles. The van der Waals surface area contributed by atoms with Crippen LogP contribution in [0.2, 0.25) is 0 Å². The molecule has 3 nitrogen and oxygen atoms in total. The van der Waals surface area contributed by atoms with Crippen molar-refractivity contribution in [2.75, 3.05) is 13.7 Å². The van der Waals surface area contributed by atoms with E-state index in [2.05, 4.69) is 25.8 Å². The predicted molar refractivity (Wildman–Crippen MR) is 68.1 cm³/mol. The van der Waals surface area contributed by atoms with Gasteiger partial charge in [0.1, 0.15) is 6.29 Å². The maximum Gasteiger partial charge on any atom is 0.120 e. The van der Waals surface area contributed by atoms with Crippen molar-refractivity contribution < 1.29 is 9.53 Å². The maximum absolute atomic E-state index is 10.4. The number of rotatable bonds is 9. The van der Waals surface area contributed by atoms with E-state index in [9.17, 15) is 4.79 Å². The van der Waals surface area contributed by atoms with Crippen molar-refractivity contribution >= 4 is 12.0 Å². The molecule has 0 spiro atoms. The Morgan fingerprint density at radius 1 is 1.44 bits per heavy atom. The SMILES string of the molecule is CCC(=N[C@@H](C)COC)C(CC)CCC=O.